The van der Waals surface area contributed by atoms with Crippen molar-refractivity contribution in [2.24, 2.45) is 0 Å². The molecule has 0 amide bonds. The molecule has 8 bridgehead atoms. The van der Waals surface area contributed by atoms with Crippen LogP contribution in [-0.2, 0) is 31.9 Å². The maximum Gasteiger partial charge on any atom is 2.00 e. The monoisotopic (exact) mass is 714 g/mol. The molecular formula is C35H29N5Pt. The Hall–Kier alpha value is -4.08. The first-order valence-electron chi connectivity index (χ1n) is 13.6. The zero-order valence-corrected chi connectivity index (χ0v) is 25.6. The number of rotatable bonds is 2. The minimum atomic E-state index is -0.546. The van der Waals surface area contributed by atoms with Crippen LogP contribution in [0.5, 0.6) is 0 Å². The molecule has 7 rings (SSSR count). The van der Waals surface area contributed by atoms with Gasteiger partial charge in [0.15, 0.2) is 0 Å². The van der Waals surface area contributed by atoms with E-state index in [1.807, 2.05) is 36.5 Å². The van der Waals surface area contributed by atoms with E-state index >= 15 is 0 Å². The molecule has 204 valence electrons. The van der Waals surface area contributed by atoms with Gasteiger partial charge >= 0.3 is 21.1 Å². The van der Waals surface area contributed by atoms with Crippen LogP contribution in [0, 0.1) is 12.1 Å². The van der Waals surface area contributed by atoms with Gasteiger partial charge in [-0.1, -0.05) is 50.2 Å². The third-order valence-electron chi connectivity index (χ3n) is 7.91. The number of hydrogen-bond donors (Lipinski definition) is 0. The van der Waals surface area contributed by atoms with E-state index in [0.29, 0.717) is 0 Å². The zero-order valence-electron chi connectivity index (χ0n) is 23.4. The first-order valence-corrected chi connectivity index (χ1v) is 13.6. The van der Waals surface area contributed by atoms with Gasteiger partial charge < -0.3 is 9.13 Å². The van der Waals surface area contributed by atoms with Crippen molar-refractivity contribution in [2.45, 2.75) is 38.5 Å². The fraction of sp³-hybridized carbons (Fsp3) is 0.171. The van der Waals surface area contributed by atoms with Crippen LogP contribution < -0.4 is 0 Å². The number of para-hydroxylation sites is 2. The van der Waals surface area contributed by atoms with Crippen molar-refractivity contribution >= 4 is 0 Å². The second-order valence-corrected chi connectivity index (χ2v) is 11.4. The van der Waals surface area contributed by atoms with Gasteiger partial charge in [-0.25, -0.2) is 28.2 Å². The summed E-state index contributed by atoms with van der Waals surface area (Å²) in [5.41, 5.74) is 6.53. The van der Waals surface area contributed by atoms with Crippen LogP contribution >= 0.6 is 0 Å². The summed E-state index contributed by atoms with van der Waals surface area (Å²) < 4.78 is 4.35. The predicted octanol–water partition coefficient (Wildman–Crippen LogP) is 7.35. The Bertz CT molecular complexity index is 1710. The molecule has 6 aromatic rings. The van der Waals surface area contributed by atoms with Crippen molar-refractivity contribution in [1.82, 2.24) is 24.1 Å². The molecular weight excluding hydrogens is 685 g/mol. The van der Waals surface area contributed by atoms with Gasteiger partial charge in [-0.05, 0) is 50.0 Å². The molecule has 3 aromatic carbocycles. The van der Waals surface area contributed by atoms with E-state index in [0.717, 1.165) is 56.8 Å². The first-order chi connectivity index (χ1) is 19.3. The molecule has 3 aromatic heterocycles. The largest absolute Gasteiger partial charge is 2.00 e. The molecule has 0 saturated heterocycles. The van der Waals surface area contributed by atoms with Crippen LogP contribution in [0.3, 0.4) is 0 Å². The molecule has 5 nitrogen and oxygen atoms in total. The van der Waals surface area contributed by atoms with Gasteiger partial charge in [0, 0.05) is 29.2 Å². The average molecular weight is 715 g/mol. The predicted molar refractivity (Wildman–Crippen MR) is 158 cm³/mol. The van der Waals surface area contributed by atoms with Gasteiger partial charge in [0.2, 0.25) is 0 Å². The molecule has 0 unspecified atom stereocenters. The second kappa shape index (κ2) is 10.1. The summed E-state index contributed by atoms with van der Waals surface area (Å²) in [6.45, 7) is 8.73. The van der Waals surface area contributed by atoms with Crippen LogP contribution in [0.15, 0.2) is 104 Å². The third-order valence-corrected chi connectivity index (χ3v) is 7.91. The maximum atomic E-state index is 5.28. The van der Waals surface area contributed by atoms with Crippen molar-refractivity contribution in [3.8, 4) is 33.9 Å². The van der Waals surface area contributed by atoms with Crippen molar-refractivity contribution in [1.29, 1.82) is 0 Å². The molecule has 1 aliphatic heterocycles. The fourth-order valence-electron chi connectivity index (χ4n) is 5.54. The van der Waals surface area contributed by atoms with Crippen molar-refractivity contribution in [2.75, 3.05) is 0 Å². The summed E-state index contributed by atoms with van der Waals surface area (Å²) in [4.78, 5) is 15.3. The number of pyridine rings is 1. The van der Waals surface area contributed by atoms with E-state index in [1.54, 1.807) is 0 Å². The Labute approximate surface area is 255 Å². The van der Waals surface area contributed by atoms with Gasteiger partial charge in [0.1, 0.15) is 23.0 Å². The summed E-state index contributed by atoms with van der Waals surface area (Å²) in [6.07, 6.45) is 6.07. The smallest absolute Gasteiger partial charge is 0.302 e. The van der Waals surface area contributed by atoms with Crippen LogP contribution in [0.1, 0.15) is 50.6 Å². The van der Waals surface area contributed by atoms with Gasteiger partial charge in [-0.2, -0.15) is 12.1 Å². The van der Waals surface area contributed by atoms with Crippen LogP contribution in [0.25, 0.3) is 33.9 Å². The Morgan fingerprint density at radius 2 is 1.12 bits per heavy atom. The standard InChI is InChI=1S/C35H29N5.Pt/c1-34(2)26-13-11-12-24(20-26)25-18-19-36-31(21-25)35(3,4)33-38-30(23-40(33)28-16-9-6-10-17-28)29-22-39(32(34)37-29)27-14-7-5-8-15-27;/h5-19,22-23H,1-4H3;/q-2;+2. The molecule has 0 spiro atoms. The zero-order chi connectivity index (χ0) is 27.5. The normalized spacial score (nSPS) is 14.5. The van der Waals surface area contributed by atoms with Crippen molar-refractivity contribution in [3.63, 3.8) is 0 Å². The SMILES string of the molecule is CC1(C)c2[c-]c(ccc2)-c2[c-]c(ncc2)C(C)(C)c2nc(cn2-c2ccccc2)-c2cn(-c3ccccc3)c1n2.[Pt+2]. The minimum absolute atomic E-state index is 0. The van der Waals surface area contributed by atoms with Crippen LogP contribution in [0.4, 0.5) is 0 Å². The molecule has 0 fully saturated rings. The molecule has 0 saturated carbocycles. The van der Waals surface area contributed by atoms with E-state index in [9.17, 15) is 0 Å². The van der Waals surface area contributed by atoms with Gasteiger partial charge in [0.25, 0.3) is 0 Å². The van der Waals surface area contributed by atoms with Crippen molar-refractivity contribution < 1.29 is 21.1 Å². The summed E-state index contributed by atoms with van der Waals surface area (Å²) in [5.74, 6) is 1.80. The Balaban J connectivity index is 0.00000302. The number of benzene rings is 3. The number of hydrogen-bond acceptors (Lipinski definition) is 3. The molecule has 1 aliphatic rings. The number of nitrogens with zero attached hydrogens (tertiary/aromatic N) is 5. The Morgan fingerprint density at radius 1 is 0.585 bits per heavy atom. The van der Waals surface area contributed by atoms with E-state index in [1.165, 1.54) is 0 Å². The Morgan fingerprint density at radius 3 is 1.71 bits per heavy atom. The number of aromatic nitrogens is 5. The van der Waals surface area contributed by atoms with Crippen LogP contribution in [0.2, 0.25) is 0 Å². The molecule has 4 heterocycles. The Kier molecular flexibility index (Phi) is 6.66. The molecule has 6 heteroatoms. The average Bonchev–Trinajstić information content (AvgIpc) is 3.64. The van der Waals surface area contributed by atoms with Gasteiger partial charge in [-0.3, -0.25) is 16.1 Å². The van der Waals surface area contributed by atoms with Gasteiger partial charge in [0.05, 0.1) is 5.41 Å². The van der Waals surface area contributed by atoms with E-state index in [4.69, 9.17) is 15.0 Å². The summed E-state index contributed by atoms with van der Waals surface area (Å²) in [6, 6.07) is 36.4. The quantitative estimate of drug-likeness (QED) is 0.177. The van der Waals surface area contributed by atoms with E-state index in [-0.39, 0.29) is 21.1 Å². The first kappa shape index (κ1) is 27.1. The fourth-order valence-corrected chi connectivity index (χ4v) is 5.54. The third kappa shape index (κ3) is 4.49. The molecule has 0 atom stereocenters. The van der Waals surface area contributed by atoms with E-state index < -0.39 is 10.8 Å². The second-order valence-electron chi connectivity index (χ2n) is 11.4. The number of fused-ring (bicyclic) bond motifs is 10. The minimum Gasteiger partial charge on any atom is -0.302 e. The summed E-state index contributed by atoms with van der Waals surface area (Å²) in [5, 5.41) is 0. The maximum absolute atomic E-state index is 5.28. The topological polar surface area (TPSA) is 48.5 Å². The van der Waals surface area contributed by atoms with Crippen LogP contribution in [-0.4, -0.2) is 24.1 Å². The molecule has 0 radical (unpaired) electrons. The summed E-state index contributed by atoms with van der Waals surface area (Å²) in [7, 11) is 0. The van der Waals surface area contributed by atoms with Crippen molar-refractivity contribution in [3.05, 3.63) is 139 Å². The molecule has 41 heavy (non-hydrogen) atoms. The molecule has 0 aliphatic carbocycles. The van der Waals surface area contributed by atoms with E-state index in [2.05, 4.69) is 116 Å². The van der Waals surface area contributed by atoms with Gasteiger partial charge in [-0.15, -0.1) is 11.6 Å². The summed E-state index contributed by atoms with van der Waals surface area (Å²) >= 11 is 0. The molecule has 0 N–H and O–H groups in total. The number of imidazole rings is 2.